The van der Waals surface area contributed by atoms with Crippen molar-refractivity contribution in [2.75, 3.05) is 16.8 Å². The summed E-state index contributed by atoms with van der Waals surface area (Å²) in [4.78, 5) is 32.0. The van der Waals surface area contributed by atoms with Crippen molar-refractivity contribution in [2.45, 2.75) is 44.7 Å². The number of unbranched alkanes of at least 4 members (excludes halogenated alkanes) is 2. The van der Waals surface area contributed by atoms with Gasteiger partial charge in [-0.2, -0.15) is 0 Å². The van der Waals surface area contributed by atoms with Crippen LogP contribution in [0.25, 0.3) is 17.0 Å². The van der Waals surface area contributed by atoms with E-state index in [4.69, 9.17) is 11.6 Å². The number of carbonyl (C=O) groups is 2. The van der Waals surface area contributed by atoms with Crippen LogP contribution < -0.4 is 15.5 Å². The molecule has 0 unspecified atom stereocenters. The molecule has 0 saturated carbocycles. The second kappa shape index (κ2) is 12.8. The van der Waals surface area contributed by atoms with Crippen LogP contribution in [0.2, 0.25) is 5.02 Å². The van der Waals surface area contributed by atoms with Crippen molar-refractivity contribution < 1.29 is 9.59 Å². The molecule has 0 aliphatic carbocycles. The molecule has 7 heteroatoms. The fourth-order valence-corrected chi connectivity index (χ4v) is 5.13. The third-order valence-electron chi connectivity index (χ3n) is 7.16. The molecule has 2 heterocycles. The molecule has 4 aromatic rings. The van der Waals surface area contributed by atoms with Crippen molar-refractivity contribution in [2.24, 2.45) is 0 Å². The molecule has 1 aromatic heterocycles. The van der Waals surface area contributed by atoms with Gasteiger partial charge in [0.25, 0.3) is 5.91 Å². The number of halogens is 1. The molecule has 0 bridgehead atoms. The zero-order valence-electron chi connectivity index (χ0n) is 22.5. The van der Waals surface area contributed by atoms with Crippen molar-refractivity contribution in [3.8, 4) is 0 Å². The number of β-lactam (4-membered cyclic amide) rings is 1. The molecule has 1 saturated heterocycles. The number of hydrogen-bond acceptors (Lipinski definition) is 4. The van der Waals surface area contributed by atoms with Crippen molar-refractivity contribution in [1.29, 1.82) is 0 Å². The highest BCUT2D eigenvalue weighted by Gasteiger charge is 2.47. The first-order chi connectivity index (χ1) is 19.5. The Bertz CT molecular complexity index is 1500. The molecule has 0 spiro atoms. The lowest BCUT2D eigenvalue weighted by atomic mass is 9.92. The van der Waals surface area contributed by atoms with Crippen LogP contribution in [-0.4, -0.2) is 35.4 Å². The van der Waals surface area contributed by atoms with Crippen molar-refractivity contribution in [3.05, 3.63) is 107 Å². The summed E-state index contributed by atoms with van der Waals surface area (Å²) in [6.45, 7) is 2.81. The molecule has 2 N–H and O–H groups in total. The van der Waals surface area contributed by atoms with Gasteiger partial charge in [-0.25, -0.2) is 0 Å². The molecule has 40 heavy (non-hydrogen) atoms. The Morgan fingerprint density at radius 3 is 2.60 bits per heavy atom. The van der Waals surface area contributed by atoms with E-state index >= 15 is 0 Å². The lowest BCUT2D eigenvalue weighted by molar-refractivity contribution is -0.132. The minimum absolute atomic E-state index is 0.0880. The Kier molecular flexibility index (Phi) is 8.77. The fourth-order valence-electron chi connectivity index (χ4n) is 4.96. The van der Waals surface area contributed by atoms with E-state index in [0.29, 0.717) is 11.4 Å². The molecule has 1 aliphatic rings. The standard InChI is InChI=1S/C33H33ClN4O2/c1-23-11-15-26(16-12-23)38-30(18-13-24-8-4-2-5-9-24)32(33(38)40)37-31(39)10-6-3-7-20-35-28-19-21-36-29-22-25(34)14-17-27(28)29/h2,4-5,8-9,11-19,21-22,30,32H,3,6-7,10,20H2,1H3,(H,35,36)(H,37,39)/b18-13+/t30-,32+/m1/s1. The number of rotatable bonds is 11. The molecule has 2 atom stereocenters. The monoisotopic (exact) mass is 552 g/mol. The average molecular weight is 553 g/mol. The Hall–Kier alpha value is -4.16. The van der Waals surface area contributed by atoms with E-state index in [2.05, 4.69) is 15.6 Å². The predicted molar refractivity (Wildman–Crippen MR) is 164 cm³/mol. The number of aryl methyl sites for hydroxylation is 1. The second-order valence-corrected chi connectivity index (χ2v) is 10.5. The van der Waals surface area contributed by atoms with Gasteiger partial charge in [0.05, 0.1) is 11.6 Å². The summed E-state index contributed by atoms with van der Waals surface area (Å²) in [5.74, 6) is -0.181. The van der Waals surface area contributed by atoms with Crippen LogP contribution in [0, 0.1) is 6.92 Å². The maximum Gasteiger partial charge on any atom is 0.252 e. The number of pyridine rings is 1. The normalized spacial score (nSPS) is 16.8. The van der Waals surface area contributed by atoms with E-state index in [1.165, 1.54) is 0 Å². The summed E-state index contributed by atoms with van der Waals surface area (Å²) in [5.41, 5.74) is 4.90. The van der Waals surface area contributed by atoms with E-state index in [1.807, 2.05) is 97.9 Å². The summed E-state index contributed by atoms with van der Waals surface area (Å²) in [6, 6.07) is 24.7. The lowest BCUT2D eigenvalue weighted by Gasteiger charge is -2.46. The number of aromatic nitrogens is 1. The molecule has 1 fully saturated rings. The Morgan fingerprint density at radius 1 is 1.00 bits per heavy atom. The van der Waals surface area contributed by atoms with Gasteiger partial charge in [-0.15, -0.1) is 0 Å². The second-order valence-electron chi connectivity index (χ2n) is 10.1. The minimum Gasteiger partial charge on any atom is -0.384 e. The van der Waals surface area contributed by atoms with Gasteiger partial charge in [0.2, 0.25) is 5.91 Å². The van der Waals surface area contributed by atoms with Gasteiger partial charge in [-0.1, -0.05) is 78.2 Å². The van der Waals surface area contributed by atoms with E-state index < -0.39 is 6.04 Å². The van der Waals surface area contributed by atoms with Crippen LogP contribution in [0.3, 0.4) is 0 Å². The number of benzene rings is 3. The molecule has 5 rings (SSSR count). The molecule has 3 aromatic carbocycles. The maximum absolute atomic E-state index is 13.1. The van der Waals surface area contributed by atoms with Crippen LogP contribution >= 0.6 is 11.6 Å². The Morgan fingerprint density at radius 2 is 1.80 bits per heavy atom. The fraction of sp³-hybridized carbons (Fsp3) is 0.242. The van der Waals surface area contributed by atoms with Gasteiger partial charge in [-0.3, -0.25) is 14.6 Å². The molecule has 0 radical (unpaired) electrons. The van der Waals surface area contributed by atoms with Gasteiger partial charge in [-0.05, 0) is 61.7 Å². The average Bonchev–Trinajstić information content (AvgIpc) is 2.97. The van der Waals surface area contributed by atoms with E-state index in [0.717, 1.165) is 59.2 Å². The zero-order chi connectivity index (χ0) is 27.9. The Balaban J connectivity index is 1.12. The van der Waals surface area contributed by atoms with Crippen molar-refractivity contribution >= 4 is 51.8 Å². The summed E-state index contributed by atoms with van der Waals surface area (Å²) < 4.78 is 0. The smallest absolute Gasteiger partial charge is 0.252 e. The summed E-state index contributed by atoms with van der Waals surface area (Å²) in [5, 5.41) is 8.16. The zero-order valence-corrected chi connectivity index (χ0v) is 23.3. The van der Waals surface area contributed by atoms with Gasteiger partial charge in [0.1, 0.15) is 6.04 Å². The Labute approximate surface area is 240 Å². The predicted octanol–water partition coefficient (Wildman–Crippen LogP) is 6.78. The number of hydrogen-bond donors (Lipinski definition) is 2. The van der Waals surface area contributed by atoms with Crippen LogP contribution in [0.4, 0.5) is 11.4 Å². The largest absolute Gasteiger partial charge is 0.384 e. The third kappa shape index (κ3) is 6.52. The van der Waals surface area contributed by atoms with Gasteiger partial charge >= 0.3 is 0 Å². The van der Waals surface area contributed by atoms with Gasteiger partial charge < -0.3 is 15.5 Å². The van der Waals surface area contributed by atoms with E-state index in [1.54, 1.807) is 11.1 Å². The van der Waals surface area contributed by atoms with E-state index in [9.17, 15) is 9.59 Å². The maximum atomic E-state index is 13.1. The highest BCUT2D eigenvalue weighted by Crippen LogP contribution is 2.30. The number of nitrogens with one attached hydrogen (secondary N) is 2. The molecular weight excluding hydrogens is 520 g/mol. The first kappa shape index (κ1) is 27.4. The van der Waals surface area contributed by atoms with Crippen molar-refractivity contribution in [1.82, 2.24) is 10.3 Å². The lowest BCUT2D eigenvalue weighted by Crippen LogP contribution is -2.70. The highest BCUT2D eigenvalue weighted by molar-refractivity contribution is 6.31. The van der Waals surface area contributed by atoms with Crippen LogP contribution in [0.15, 0.2) is 91.1 Å². The highest BCUT2D eigenvalue weighted by atomic mass is 35.5. The quantitative estimate of drug-likeness (QED) is 0.159. The van der Waals surface area contributed by atoms with Crippen LogP contribution in [-0.2, 0) is 9.59 Å². The summed E-state index contributed by atoms with van der Waals surface area (Å²) in [6.07, 6.45) is 8.76. The van der Waals surface area contributed by atoms with Crippen LogP contribution in [0.1, 0.15) is 36.8 Å². The molecular formula is C33H33ClN4O2. The third-order valence-corrected chi connectivity index (χ3v) is 7.39. The number of carbonyl (C=O) groups excluding carboxylic acids is 2. The summed E-state index contributed by atoms with van der Waals surface area (Å²) >= 11 is 6.08. The number of anilines is 2. The molecule has 204 valence electrons. The van der Waals surface area contributed by atoms with E-state index in [-0.39, 0.29) is 17.9 Å². The number of fused-ring (bicyclic) bond motifs is 1. The summed E-state index contributed by atoms with van der Waals surface area (Å²) in [7, 11) is 0. The number of amides is 2. The van der Waals surface area contributed by atoms with Gasteiger partial charge in [0, 0.05) is 40.9 Å². The molecule has 6 nitrogen and oxygen atoms in total. The van der Waals surface area contributed by atoms with Crippen LogP contribution in [0.5, 0.6) is 0 Å². The first-order valence-electron chi connectivity index (χ1n) is 13.7. The topological polar surface area (TPSA) is 74.3 Å². The van der Waals surface area contributed by atoms with Gasteiger partial charge in [0.15, 0.2) is 0 Å². The van der Waals surface area contributed by atoms with Crippen molar-refractivity contribution in [3.63, 3.8) is 0 Å². The number of nitrogens with zero attached hydrogens (tertiary/aromatic N) is 2. The molecule has 1 aliphatic heterocycles. The first-order valence-corrected chi connectivity index (χ1v) is 14.1. The minimum atomic E-state index is -0.566. The molecule has 2 amide bonds. The SMILES string of the molecule is Cc1ccc(N2C(=O)[C@@H](NC(=O)CCCCCNc3ccnc4cc(Cl)ccc34)[C@H]2/C=C/c2ccccc2)cc1.